The maximum atomic E-state index is 11.5. The first-order chi connectivity index (χ1) is 7.72. The Hall–Kier alpha value is -1.38. The van der Waals surface area contributed by atoms with Crippen LogP contribution in [0.1, 0.15) is 44.6 Å². The third kappa shape index (κ3) is 4.91. The van der Waals surface area contributed by atoms with Crippen LogP contribution in [-0.4, -0.2) is 10.9 Å². The zero-order chi connectivity index (χ0) is 11.8. The number of pyridine rings is 1. The minimum atomic E-state index is 0.0625. The number of nitrogens with zero attached hydrogens (tertiary/aromatic N) is 1. The number of carbonyl (C=O) groups excluding carboxylic acids is 1. The Bertz CT molecular complexity index is 319. The molecular weight excluding hydrogens is 200 g/mol. The largest absolute Gasteiger partial charge is 0.311 e. The molecule has 1 aromatic heterocycles. The Balaban J connectivity index is 2.26. The Morgan fingerprint density at radius 2 is 2.12 bits per heavy atom. The Morgan fingerprint density at radius 3 is 2.75 bits per heavy atom. The quantitative estimate of drug-likeness (QED) is 0.747. The summed E-state index contributed by atoms with van der Waals surface area (Å²) in [5, 5.41) is 2.80. The van der Waals surface area contributed by atoms with Crippen molar-refractivity contribution >= 4 is 11.7 Å². The van der Waals surface area contributed by atoms with Gasteiger partial charge in [-0.1, -0.05) is 32.3 Å². The molecule has 1 N–H and O–H groups in total. The maximum absolute atomic E-state index is 11.5. The van der Waals surface area contributed by atoms with Gasteiger partial charge in [0.05, 0.1) is 0 Å². The zero-order valence-electron chi connectivity index (χ0n) is 10.1. The molecule has 0 saturated heterocycles. The lowest BCUT2D eigenvalue weighted by molar-refractivity contribution is -0.116. The molecule has 0 aliphatic rings. The predicted octanol–water partition coefficient (Wildman–Crippen LogP) is 3.30. The second-order valence-corrected chi connectivity index (χ2v) is 4.08. The summed E-state index contributed by atoms with van der Waals surface area (Å²) in [5.41, 5.74) is 1.10. The molecule has 1 amide bonds. The second kappa shape index (κ2) is 6.99. The van der Waals surface area contributed by atoms with Crippen LogP contribution in [0.3, 0.4) is 0 Å². The zero-order valence-corrected chi connectivity index (χ0v) is 10.1. The van der Waals surface area contributed by atoms with Crippen molar-refractivity contribution in [2.45, 2.75) is 46.0 Å². The molecule has 88 valence electrons. The number of aromatic nitrogens is 1. The number of carbonyl (C=O) groups is 1. The van der Waals surface area contributed by atoms with Crippen LogP contribution in [0.4, 0.5) is 5.82 Å². The van der Waals surface area contributed by atoms with E-state index in [0.29, 0.717) is 12.2 Å². The molecule has 0 unspecified atom stereocenters. The molecule has 0 aromatic carbocycles. The standard InChI is InChI=1S/C13H20N2O/c1-3-4-5-6-7-13(16)15-12-9-8-11(2)10-14-12/h8-10H,3-7H2,1-2H3,(H,14,15,16). The van der Waals surface area contributed by atoms with Crippen molar-refractivity contribution in [3.63, 3.8) is 0 Å². The van der Waals surface area contributed by atoms with Crippen LogP contribution >= 0.6 is 0 Å². The van der Waals surface area contributed by atoms with Crippen molar-refractivity contribution in [3.05, 3.63) is 23.9 Å². The lowest BCUT2D eigenvalue weighted by Crippen LogP contribution is -2.12. The average molecular weight is 220 g/mol. The molecule has 0 fully saturated rings. The highest BCUT2D eigenvalue weighted by atomic mass is 16.1. The predicted molar refractivity (Wildman–Crippen MR) is 66.4 cm³/mol. The van der Waals surface area contributed by atoms with Crippen molar-refractivity contribution in [2.75, 3.05) is 5.32 Å². The lowest BCUT2D eigenvalue weighted by Gasteiger charge is -2.04. The van der Waals surface area contributed by atoms with Gasteiger partial charge in [0.25, 0.3) is 0 Å². The van der Waals surface area contributed by atoms with E-state index in [4.69, 9.17) is 0 Å². The average Bonchev–Trinajstić information content (AvgIpc) is 2.28. The number of hydrogen-bond donors (Lipinski definition) is 1. The first kappa shape index (κ1) is 12.7. The Morgan fingerprint density at radius 1 is 1.31 bits per heavy atom. The highest BCUT2D eigenvalue weighted by Crippen LogP contribution is 2.07. The van der Waals surface area contributed by atoms with Crippen LogP contribution in [0, 0.1) is 6.92 Å². The SMILES string of the molecule is CCCCCCC(=O)Nc1ccc(C)cn1. The molecule has 3 nitrogen and oxygen atoms in total. The molecule has 0 bridgehead atoms. The normalized spacial score (nSPS) is 10.1. The second-order valence-electron chi connectivity index (χ2n) is 4.08. The maximum Gasteiger partial charge on any atom is 0.225 e. The summed E-state index contributed by atoms with van der Waals surface area (Å²) < 4.78 is 0. The van der Waals surface area contributed by atoms with Crippen molar-refractivity contribution < 1.29 is 4.79 Å². The summed E-state index contributed by atoms with van der Waals surface area (Å²) >= 11 is 0. The molecule has 16 heavy (non-hydrogen) atoms. The monoisotopic (exact) mass is 220 g/mol. The summed E-state index contributed by atoms with van der Waals surface area (Å²) in [7, 11) is 0. The van der Waals surface area contributed by atoms with Gasteiger partial charge in [0, 0.05) is 12.6 Å². The van der Waals surface area contributed by atoms with Gasteiger partial charge in [-0.25, -0.2) is 4.98 Å². The number of aryl methyl sites for hydroxylation is 1. The number of nitrogens with one attached hydrogen (secondary N) is 1. The molecule has 1 rings (SSSR count). The molecule has 3 heteroatoms. The topological polar surface area (TPSA) is 42.0 Å². The van der Waals surface area contributed by atoms with Gasteiger partial charge in [-0.05, 0) is 25.0 Å². The number of rotatable bonds is 6. The van der Waals surface area contributed by atoms with Crippen LogP contribution in [0.15, 0.2) is 18.3 Å². The van der Waals surface area contributed by atoms with E-state index in [1.807, 2.05) is 19.1 Å². The summed E-state index contributed by atoms with van der Waals surface area (Å²) in [4.78, 5) is 15.6. The van der Waals surface area contributed by atoms with Gasteiger partial charge in [0.2, 0.25) is 5.91 Å². The number of anilines is 1. The van der Waals surface area contributed by atoms with E-state index in [1.165, 1.54) is 12.8 Å². The summed E-state index contributed by atoms with van der Waals surface area (Å²) in [6, 6.07) is 3.78. The molecule has 0 radical (unpaired) electrons. The minimum Gasteiger partial charge on any atom is -0.311 e. The van der Waals surface area contributed by atoms with Crippen LogP contribution in [-0.2, 0) is 4.79 Å². The Labute approximate surface area is 97.3 Å². The number of hydrogen-bond acceptors (Lipinski definition) is 2. The van der Waals surface area contributed by atoms with Crippen LogP contribution in [0.25, 0.3) is 0 Å². The van der Waals surface area contributed by atoms with E-state index in [1.54, 1.807) is 6.20 Å². The number of amides is 1. The fourth-order valence-corrected chi connectivity index (χ4v) is 1.46. The van der Waals surface area contributed by atoms with E-state index in [9.17, 15) is 4.79 Å². The molecule has 0 atom stereocenters. The van der Waals surface area contributed by atoms with Gasteiger partial charge in [0.15, 0.2) is 0 Å². The smallest absolute Gasteiger partial charge is 0.225 e. The van der Waals surface area contributed by atoms with Gasteiger partial charge in [-0.15, -0.1) is 0 Å². The first-order valence-corrected chi connectivity index (χ1v) is 5.95. The Kier molecular flexibility index (Phi) is 5.54. The third-order valence-corrected chi connectivity index (χ3v) is 2.44. The van der Waals surface area contributed by atoms with Crippen LogP contribution < -0.4 is 5.32 Å². The van der Waals surface area contributed by atoms with Gasteiger partial charge in [-0.2, -0.15) is 0 Å². The van der Waals surface area contributed by atoms with Crippen molar-refractivity contribution in [1.82, 2.24) is 4.98 Å². The number of unbranched alkanes of at least 4 members (excludes halogenated alkanes) is 3. The molecule has 1 heterocycles. The first-order valence-electron chi connectivity index (χ1n) is 5.95. The molecule has 0 aliphatic carbocycles. The van der Waals surface area contributed by atoms with E-state index in [-0.39, 0.29) is 5.91 Å². The molecule has 0 aliphatic heterocycles. The highest BCUT2D eigenvalue weighted by Gasteiger charge is 2.02. The fourth-order valence-electron chi connectivity index (χ4n) is 1.46. The fraction of sp³-hybridized carbons (Fsp3) is 0.538. The third-order valence-electron chi connectivity index (χ3n) is 2.44. The van der Waals surface area contributed by atoms with Crippen molar-refractivity contribution in [2.24, 2.45) is 0 Å². The van der Waals surface area contributed by atoms with E-state index in [0.717, 1.165) is 18.4 Å². The molecule has 0 saturated carbocycles. The van der Waals surface area contributed by atoms with Gasteiger partial charge < -0.3 is 5.32 Å². The van der Waals surface area contributed by atoms with Gasteiger partial charge >= 0.3 is 0 Å². The van der Waals surface area contributed by atoms with E-state index < -0.39 is 0 Å². The van der Waals surface area contributed by atoms with E-state index >= 15 is 0 Å². The van der Waals surface area contributed by atoms with Gasteiger partial charge in [0.1, 0.15) is 5.82 Å². The summed E-state index contributed by atoms with van der Waals surface area (Å²) in [6.45, 7) is 4.14. The van der Waals surface area contributed by atoms with Crippen LogP contribution in [0.5, 0.6) is 0 Å². The highest BCUT2D eigenvalue weighted by molar-refractivity contribution is 5.89. The molecule has 0 spiro atoms. The van der Waals surface area contributed by atoms with E-state index in [2.05, 4.69) is 17.2 Å². The molecular formula is C13H20N2O. The minimum absolute atomic E-state index is 0.0625. The summed E-state index contributed by atoms with van der Waals surface area (Å²) in [5.74, 6) is 0.707. The van der Waals surface area contributed by atoms with Crippen LogP contribution in [0.2, 0.25) is 0 Å². The molecule has 1 aromatic rings. The van der Waals surface area contributed by atoms with Gasteiger partial charge in [-0.3, -0.25) is 4.79 Å². The van der Waals surface area contributed by atoms with Crippen molar-refractivity contribution in [3.8, 4) is 0 Å². The summed E-state index contributed by atoms with van der Waals surface area (Å²) in [6.07, 6.45) is 6.84. The van der Waals surface area contributed by atoms with Crippen molar-refractivity contribution in [1.29, 1.82) is 0 Å². The lowest BCUT2D eigenvalue weighted by atomic mass is 10.1.